The van der Waals surface area contributed by atoms with Gasteiger partial charge in [-0.25, -0.2) is 0 Å². The molecule has 2 heteroatoms. The Morgan fingerprint density at radius 3 is 2.60 bits per heavy atom. The molecule has 0 unspecified atom stereocenters. The van der Waals surface area contributed by atoms with Gasteiger partial charge in [0.25, 0.3) is 0 Å². The standard InChI is InChI=1S/C8H14N2/c1-7-4-3-5-8(7,6-9)10-2/h7,10H,3-5H2,1-2H3/t7-,8-/m1/s1. The molecular formula is C8H14N2. The number of hydrogen-bond acceptors (Lipinski definition) is 2. The fraction of sp³-hybridized carbons (Fsp3) is 0.875. The van der Waals surface area contributed by atoms with E-state index in [1.54, 1.807) is 0 Å². The van der Waals surface area contributed by atoms with Crippen LogP contribution in [0.5, 0.6) is 0 Å². The normalized spacial score (nSPS) is 39.5. The van der Waals surface area contributed by atoms with Crippen molar-refractivity contribution < 1.29 is 0 Å². The molecule has 10 heavy (non-hydrogen) atoms. The minimum absolute atomic E-state index is 0.208. The zero-order valence-corrected chi connectivity index (χ0v) is 6.65. The van der Waals surface area contributed by atoms with Gasteiger partial charge in [0.2, 0.25) is 0 Å². The Bertz CT molecular complexity index is 159. The number of nitrogens with one attached hydrogen (secondary N) is 1. The molecule has 0 bridgehead atoms. The molecule has 0 aromatic carbocycles. The Balaban J connectivity index is 2.74. The Hall–Kier alpha value is -0.550. The van der Waals surface area contributed by atoms with Crippen LogP contribution in [0.4, 0.5) is 0 Å². The van der Waals surface area contributed by atoms with Crippen LogP contribution in [0, 0.1) is 17.2 Å². The Labute approximate surface area is 62.2 Å². The lowest BCUT2D eigenvalue weighted by Crippen LogP contribution is -2.43. The fourth-order valence-corrected chi connectivity index (χ4v) is 1.77. The average Bonchev–Trinajstić information content (AvgIpc) is 2.32. The fourth-order valence-electron chi connectivity index (χ4n) is 1.77. The van der Waals surface area contributed by atoms with Gasteiger partial charge in [-0.05, 0) is 25.8 Å². The van der Waals surface area contributed by atoms with E-state index in [-0.39, 0.29) is 5.54 Å². The van der Waals surface area contributed by atoms with Crippen LogP contribution in [0.3, 0.4) is 0 Å². The van der Waals surface area contributed by atoms with E-state index in [4.69, 9.17) is 5.26 Å². The molecule has 1 rings (SSSR count). The van der Waals surface area contributed by atoms with Gasteiger partial charge in [-0.1, -0.05) is 13.3 Å². The third-order valence-corrected chi connectivity index (χ3v) is 2.70. The van der Waals surface area contributed by atoms with E-state index >= 15 is 0 Å². The summed E-state index contributed by atoms with van der Waals surface area (Å²) in [7, 11) is 1.88. The summed E-state index contributed by atoms with van der Waals surface area (Å²) in [6.45, 7) is 2.15. The summed E-state index contributed by atoms with van der Waals surface area (Å²) in [5.41, 5.74) is -0.208. The van der Waals surface area contributed by atoms with Crippen LogP contribution in [0.2, 0.25) is 0 Å². The van der Waals surface area contributed by atoms with E-state index in [0.717, 1.165) is 6.42 Å². The van der Waals surface area contributed by atoms with Crippen molar-refractivity contribution in [2.75, 3.05) is 7.05 Å². The van der Waals surface area contributed by atoms with Gasteiger partial charge in [-0.15, -0.1) is 0 Å². The van der Waals surface area contributed by atoms with Crippen LogP contribution in [0.15, 0.2) is 0 Å². The first-order valence-electron chi connectivity index (χ1n) is 3.85. The summed E-state index contributed by atoms with van der Waals surface area (Å²) in [5.74, 6) is 0.516. The second-order valence-electron chi connectivity index (χ2n) is 3.13. The molecular weight excluding hydrogens is 124 g/mol. The van der Waals surface area contributed by atoms with Gasteiger partial charge >= 0.3 is 0 Å². The summed E-state index contributed by atoms with van der Waals surface area (Å²) in [5, 5.41) is 12.0. The predicted molar refractivity (Wildman–Crippen MR) is 40.4 cm³/mol. The Morgan fingerprint density at radius 1 is 1.70 bits per heavy atom. The lowest BCUT2D eigenvalue weighted by molar-refractivity contribution is 0.362. The quantitative estimate of drug-likeness (QED) is 0.592. The van der Waals surface area contributed by atoms with E-state index in [1.165, 1.54) is 12.8 Å². The molecule has 0 amide bonds. The largest absolute Gasteiger partial charge is 0.302 e. The van der Waals surface area contributed by atoms with Crippen molar-refractivity contribution in [3.05, 3.63) is 0 Å². The van der Waals surface area contributed by atoms with E-state index < -0.39 is 0 Å². The summed E-state index contributed by atoms with van der Waals surface area (Å²) >= 11 is 0. The molecule has 0 saturated heterocycles. The van der Waals surface area contributed by atoms with Crippen molar-refractivity contribution in [1.82, 2.24) is 5.32 Å². The number of rotatable bonds is 1. The van der Waals surface area contributed by atoms with E-state index in [0.29, 0.717) is 5.92 Å². The molecule has 0 aliphatic heterocycles. The van der Waals surface area contributed by atoms with Crippen molar-refractivity contribution in [3.63, 3.8) is 0 Å². The van der Waals surface area contributed by atoms with Gasteiger partial charge in [0.15, 0.2) is 0 Å². The Morgan fingerprint density at radius 2 is 2.40 bits per heavy atom. The molecule has 1 fully saturated rings. The maximum atomic E-state index is 8.87. The zero-order valence-electron chi connectivity index (χ0n) is 6.65. The first-order valence-corrected chi connectivity index (χ1v) is 3.85. The van der Waals surface area contributed by atoms with Crippen molar-refractivity contribution in [2.24, 2.45) is 5.92 Å². The molecule has 0 radical (unpaired) electrons. The molecule has 2 nitrogen and oxygen atoms in total. The highest BCUT2D eigenvalue weighted by atomic mass is 15.0. The molecule has 1 aliphatic carbocycles. The highest BCUT2D eigenvalue weighted by Crippen LogP contribution is 2.34. The summed E-state index contributed by atoms with van der Waals surface area (Å²) in [6, 6.07) is 2.37. The van der Waals surface area contributed by atoms with Crippen LogP contribution in [-0.4, -0.2) is 12.6 Å². The third-order valence-electron chi connectivity index (χ3n) is 2.70. The van der Waals surface area contributed by atoms with Crippen LogP contribution < -0.4 is 5.32 Å². The molecule has 1 saturated carbocycles. The second kappa shape index (κ2) is 2.59. The van der Waals surface area contributed by atoms with E-state index in [2.05, 4.69) is 18.3 Å². The number of hydrogen-bond donors (Lipinski definition) is 1. The zero-order chi connectivity index (χ0) is 7.61. The molecule has 0 aromatic rings. The molecule has 1 aliphatic rings. The van der Waals surface area contributed by atoms with Crippen molar-refractivity contribution >= 4 is 0 Å². The Kier molecular flexibility index (Phi) is 1.96. The topological polar surface area (TPSA) is 35.8 Å². The highest BCUT2D eigenvalue weighted by molar-refractivity contribution is 5.12. The summed E-state index contributed by atoms with van der Waals surface area (Å²) in [4.78, 5) is 0. The van der Waals surface area contributed by atoms with Crippen LogP contribution in [-0.2, 0) is 0 Å². The van der Waals surface area contributed by atoms with Gasteiger partial charge in [-0.3, -0.25) is 0 Å². The lowest BCUT2D eigenvalue weighted by atomic mass is 9.90. The van der Waals surface area contributed by atoms with Gasteiger partial charge in [0, 0.05) is 0 Å². The SMILES string of the molecule is CN[C@@]1(C#N)CCC[C@H]1C. The molecule has 0 aromatic heterocycles. The number of nitrogens with zero attached hydrogens (tertiary/aromatic N) is 1. The van der Waals surface area contributed by atoms with Crippen LogP contribution >= 0.6 is 0 Å². The van der Waals surface area contributed by atoms with E-state index in [1.807, 2.05) is 7.05 Å². The van der Waals surface area contributed by atoms with Gasteiger partial charge in [-0.2, -0.15) is 5.26 Å². The second-order valence-corrected chi connectivity index (χ2v) is 3.13. The van der Waals surface area contributed by atoms with Crippen LogP contribution in [0.1, 0.15) is 26.2 Å². The molecule has 0 heterocycles. The average molecular weight is 138 g/mol. The molecule has 0 spiro atoms. The minimum atomic E-state index is -0.208. The summed E-state index contributed by atoms with van der Waals surface area (Å²) in [6.07, 6.45) is 3.39. The van der Waals surface area contributed by atoms with E-state index in [9.17, 15) is 0 Å². The van der Waals surface area contributed by atoms with Crippen molar-refractivity contribution in [3.8, 4) is 6.07 Å². The highest BCUT2D eigenvalue weighted by Gasteiger charge is 2.38. The maximum absolute atomic E-state index is 8.87. The van der Waals surface area contributed by atoms with Crippen LogP contribution in [0.25, 0.3) is 0 Å². The minimum Gasteiger partial charge on any atom is -0.302 e. The first kappa shape index (κ1) is 7.56. The predicted octanol–water partition coefficient (Wildman–Crippen LogP) is 1.29. The first-order chi connectivity index (χ1) is 4.75. The molecule has 1 N–H and O–H groups in total. The van der Waals surface area contributed by atoms with Crippen molar-refractivity contribution in [2.45, 2.75) is 31.7 Å². The summed E-state index contributed by atoms with van der Waals surface area (Å²) < 4.78 is 0. The van der Waals surface area contributed by atoms with Crippen molar-refractivity contribution in [1.29, 1.82) is 5.26 Å². The monoisotopic (exact) mass is 138 g/mol. The van der Waals surface area contributed by atoms with Gasteiger partial charge < -0.3 is 5.32 Å². The number of nitriles is 1. The lowest BCUT2D eigenvalue weighted by Gasteiger charge is -2.24. The third kappa shape index (κ3) is 0.911. The molecule has 2 atom stereocenters. The molecule has 56 valence electrons. The van der Waals surface area contributed by atoms with Gasteiger partial charge in [0.1, 0.15) is 5.54 Å². The van der Waals surface area contributed by atoms with Gasteiger partial charge in [0.05, 0.1) is 6.07 Å². The maximum Gasteiger partial charge on any atom is 0.109 e. The smallest absolute Gasteiger partial charge is 0.109 e.